The van der Waals surface area contributed by atoms with E-state index >= 15 is 0 Å². The molecule has 0 N–H and O–H groups in total. The summed E-state index contributed by atoms with van der Waals surface area (Å²) >= 11 is 0. The summed E-state index contributed by atoms with van der Waals surface area (Å²) in [7, 11) is 0. The predicted octanol–water partition coefficient (Wildman–Crippen LogP) is 10.9. The molecular formula is C40H22N4O2. The van der Waals surface area contributed by atoms with Crippen LogP contribution in [0.25, 0.3) is 94.0 Å². The summed E-state index contributed by atoms with van der Waals surface area (Å²) < 4.78 is 12.6. The minimum Gasteiger partial charge on any atom is -0.457 e. The van der Waals surface area contributed by atoms with Crippen molar-refractivity contribution in [1.82, 2.24) is 15.0 Å². The van der Waals surface area contributed by atoms with Crippen LogP contribution in [0.3, 0.4) is 0 Å². The summed E-state index contributed by atoms with van der Waals surface area (Å²) in [5.41, 5.74) is 8.26. The lowest BCUT2D eigenvalue weighted by molar-refractivity contribution is 0.669. The lowest BCUT2D eigenvalue weighted by Gasteiger charge is -2.08. The van der Waals surface area contributed by atoms with Gasteiger partial charge in [0.05, 0.1) is 6.57 Å². The summed E-state index contributed by atoms with van der Waals surface area (Å²) in [6.07, 6.45) is 0. The number of hydrogen-bond donors (Lipinski definition) is 0. The van der Waals surface area contributed by atoms with Gasteiger partial charge in [-0.1, -0.05) is 103 Å². The molecule has 9 rings (SSSR count). The molecule has 0 saturated heterocycles. The van der Waals surface area contributed by atoms with Gasteiger partial charge in [-0.2, -0.15) is 0 Å². The van der Waals surface area contributed by atoms with Gasteiger partial charge >= 0.3 is 0 Å². The van der Waals surface area contributed by atoms with Crippen molar-refractivity contribution in [3.8, 4) is 45.3 Å². The Bertz CT molecular complexity index is 2650. The summed E-state index contributed by atoms with van der Waals surface area (Å²) in [4.78, 5) is 18.5. The van der Waals surface area contributed by atoms with E-state index in [-0.39, 0.29) is 0 Å². The molecule has 0 aliphatic rings. The monoisotopic (exact) mass is 590 g/mol. The third-order valence-corrected chi connectivity index (χ3v) is 8.36. The third-order valence-electron chi connectivity index (χ3n) is 8.36. The topological polar surface area (TPSA) is 69.3 Å². The first-order chi connectivity index (χ1) is 22.7. The molecule has 0 unspecified atom stereocenters. The quantitative estimate of drug-likeness (QED) is 0.191. The Balaban J connectivity index is 1.22. The molecule has 6 heteroatoms. The number of hydrogen-bond acceptors (Lipinski definition) is 5. The summed E-state index contributed by atoms with van der Waals surface area (Å²) in [5.74, 6) is 1.62. The fraction of sp³-hybridized carbons (Fsp3) is 0. The second-order valence-electron chi connectivity index (χ2n) is 11.1. The van der Waals surface area contributed by atoms with Gasteiger partial charge in [-0.3, -0.25) is 0 Å². The zero-order chi connectivity index (χ0) is 30.6. The summed E-state index contributed by atoms with van der Waals surface area (Å²) in [5, 5.41) is 3.81. The highest BCUT2D eigenvalue weighted by molar-refractivity contribution is 6.13. The average Bonchev–Trinajstić information content (AvgIpc) is 3.69. The van der Waals surface area contributed by atoms with E-state index in [1.165, 1.54) is 0 Å². The Morgan fingerprint density at radius 1 is 0.435 bits per heavy atom. The van der Waals surface area contributed by atoms with Gasteiger partial charge in [-0.25, -0.2) is 19.8 Å². The second kappa shape index (κ2) is 10.3. The van der Waals surface area contributed by atoms with Crippen LogP contribution >= 0.6 is 0 Å². The van der Waals surface area contributed by atoms with Crippen LogP contribution in [0, 0.1) is 6.57 Å². The highest BCUT2D eigenvalue weighted by atomic mass is 16.3. The molecule has 214 valence electrons. The SMILES string of the molecule is [C-]#[N+]c1cccc2oc3cc(-c4nc(-c5ccccc5)nc(-c5ccc6c(c5)oc5cccc(-c7ccccc7)c56)n4)ccc3c12. The number of fused-ring (bicyclic) bond motifs is 6. The molecule has 0 saturated carbocycles. The summed E-state index contributed by atoms with van der Waals surface area (Å²) in [6, 6.07) is 44.0. The molecular weight excluding hydrogens is 568 g/mol. The van der Waals surface area contributed by atoms with Crippen molar-refractivity contribution in [3.63, 3.8) is 0 Å². The van der Waals surface area contributed by atoms with Crippen molar-refractivity contribution in [2.75, 3.05) is 0 Å². The van der Waals surface area contributed by atoms with Crippen molar-refractivity contribution in [3.05, 3.63) is 145 Å². The maximum absolute atomic E-state index is 7.61. The molecule has 0 aliphatic heterocycles. The van der Waals surface area contributed by atoms with Gasteiger partial charge in [0.2, 0.25) is 0 Å². The normalized spacial score (nSPS) is 11.5. The molecule has 0 atom stereocenters. The van der Waals surface area contributed by atoms with Gasteiger partial charge in [-0.05, 0) is 41.5 Å². The average molecular weight is 591 g/mol. The lowest BCUT2D eigenvalue weighted by atomic mass is 9.99. The van der Waals surface area contributed by atoms with Crippen LogP contribution in [-0.2, 0) is 0 Å². The molecule has 9 aromatic rings. The molecule has 3 heterocycles. The minimum absolute atomic E-state index is 0.521. The minimum atomic E-state index is 0.521. The van der Waals surface area contributed by atoms with Crippen LogP contribution in [0.2, 0.25) is 0 Å². The van der Waals surface area contributed by atoms with E-state index in [0.29, 0.717) is 34.3 Å². The molecule has 0 spiro atoms. The maximum Gasteiger partial charge on any atom is 0.198 e. The van der Waals surface area contributed by atoms with Crippen LogP contribution in [0.15, 0.2) is 142 Å². The molecule has 0 aliphatic carbocycles. The van der Waals surface area contributed by atoms with E-state index in [2.05, 4.69) is 29.1 Å². The van der Waals surface area contributed by atoms with Gasteiger partial charge in [0.1, 0.15) is 22.3 Å². The Morgan fingerprint density at radius 2 is 0.957 bits per heavy atom. The van der Waals surface area contributed by atoms with E-state index in [4.69, 9.17) is 30.4 Å². The van der Waals surface area contributed by atoms with Crippen molar-refractivity contribution >= 4 is 49.6 Å². The zero-order valence-electron chi connectivity index (χ0n) is 24.3. The van der Waals surface area contributed by atoms with Crippen LogP contribution in [-0.4, -0.2) is 15.0 Å². The Labute approximate surface area is 263 Å². The summed E-state index contributed by atoms with van der Waals surface area (Å²) in [6.45, 7) is 7.61. The third kappa shape index (κ3) is 4.15. The van der Waals surface area contributed by atoms with Crippen LogP contribution in [0.4, 0.5) is 5.69 Å². The van der Waals surface area contributed by atoms with E-state index in [0.717, 1.165) is 60.5 Å². The molecule has 3 aromatic heterocycles. The zero-order valence-corrected chi connectivity index (χ0v) is 24.3. The van der Waals surface area contributed by atoms with Gasteiger partial charge in [-0.15, -0.1) is 0 Å². The van der Waals surface area contributed by atoms with E-state index in [1.54, 1.807) is 0 Å². The number of aromatic nitrogens is 3. The molecule has 6 nitrogen and oxygen atoms in total. The molecule has 0 fully saturated rings. The maximum atomic E-state index is 7.61. The standard InChI is InChI=1S/C40H22N4O2/c1-41-31-15-9-17-33-37(31)30-21-19-27(23-35(30)46-33)40-43-38(25-12-6-3-7-13-25)42-39(44-40)26-18-20-29-34(22-26)45-32-16-8-14-28(36(29)32)24-10-4-2-5-11-24/h2-23H. The number of rotatable bonds is 4. The van der Waals surface area contributed by atoms with Crippen molar-refractivity contribution in [2.24, 2.45) is 0 Å². The largest absolute Gasteiger partial charge is 0.457 e. The Kier molecular flexibility index (Phi) is 5.77. The molecule has 46 heavy (non-hydrogen) atoms. The van der Waals surface area contributed by atoms with Gasteiger partial charge in [0, 0.05) is 38.2 Å². The van der Waals surface area contributed by atoms with Crippen LogP contribution < -0.4 is 0 Å². The van der Waals surface area contributed by atoms with Crippen LogP contribution in [0.1, 0.15) is 0 Å². The molecule has 0 bridgehead atoms. The molecule has 0 radical (unpaired) electrons. The molecule has 0 amide bonds. The van der Waals surface area contributed by atoms with E-state index < -0.39 is 0 Å². The Morgan fingerprint density at radius 3 is 1.57 bits per heavy atom. The highest BCUT2D eigenvalue weighted by Gasteiger charge is 2.18. The Hall–Kier alpha value is -6.58. The highest BCUT2D eigenvalue weighted by Crippen LogP contribution is 2.39. The first kappa shape index (κ1) is 25.9. The van der Waals surface area contributed by atoms with Gasteiger partial charge in [0.25, 0.3) is 0 Å². The van der Waals surface area contributed by atoms with Crippen molar-refractivity contribution in [2.45, 2.75) is 0 Å². The lowest BCUT2D eigenvalue weighted by Crippen LogP contribution is -2.00. The second-order valence-corrected chi connectivity index (χ2v) is 11.1. The first-order valence-electron chi connectivity index (χ1n) is 14.9. The smallest absolute Gasteiger partial charge is 0.198 e. The van der Waals surface area contributed by atoms with Gasteiger partial charge in [0.15, 0.2) is 23.2 Å². The van der Waals surface area contributed by atoms with Crippen LogP contribution in [0.5, 0.6) is 0 Å². The first-order valence-corrected chi connectivity index (χ1v) is 14.9. The number of furan rings is 2. The fourth-order valence-electron chi connectivity index (χ4n) is 6.21. The number of nitrogens with zero attached hydrogens (tertiary/aromatic N) is 4. The van der Waals surface area contributed by atoms with Crippen molar-refractivity contribution in [1.29, 1.82) is 0 Å². The van der Waals surface area contributed by atoms with E-state index in [9.17, 15) is 0 Å². The molecule has 6 aromatic carbocycles. The predicted molar refractivity (Wildman–Crippen MR) is 182 cm³/mol. The van der Waals surface area contributed by atoms with E-state index in [1.807, 2.05) is 109 Å². The van der Waals surface area contributed by atoms with Gasteiger partial charge < -0.3 is 8.83 Å². The number of benzene rings is 6. The van der Waals surface area contributed by atoms with Crippen molar-refractivity contribution < 1.29 is 8.83 Å². The fourth-order valence-corrected chi connectivity index (χ4v) is 6.21.